The Morgan fingerprint density at radius 2 is 0.826 bits per heavy atom. The Morgan fingerprint density at radius 3 is 1.07 bits per heavy atom. The van der Waals surface area contributed by atoms with Crippen LogP contribution in [0.15, 0.2) is 0 Å². The van der Waals surface area contributed by atoms with Gasteiger partial charge in [-0.15, -0.1) is 0 Å². The van der Waals surface area contributed by atoms with E-state index in [1.54, 1.807) is 0 Å². The van der Waals surface area contributed by atoms with E-state index in [4.69, 9.17) is 9.66 Å². The van der Waals surface area contributed by atoms with Crippen molar-refractivity contribution in [2.24, 2.45) is 5.92 Å². The van der Waals surface area contributed by atoms with Crippen molar-refractivity contribution in [3.8, 4) is 0 Å². The summed E-state index contributed by atoms with van der Waals surface area (Å²) in [5, 5.41) is 12.2. The zero-order valence-corrected chi connectivity index (χ0v) is 31.2. The quantitative estimate of drug-likeness (QED) is 0.0343. The number of aliphatic hydroxyl groups excluding tert-OH is 1. The van der Waals surface area contributed by atoms with Crippen molar-refractivity contribution in [1.82, 2.24) is 5.32 Å². The molecule has 0 saturated carbocycles. The number of unbranched alkanes of at least 4 members (excludes halogenated alkanes) is 24. The van der Waals surface area contributed by atoms with Crippen LogP contribution in [0.4, 0.5) is 0 Å². The van der Waals surface area contributed by atoms with E-state index < -0.39 is 16.3 Å². The topological polar surface area (TPSA) is 130 Å². The van der Waals surface area contributed by atoms with Crippen molar-refractivity contribution in [2.45, 2.75) is 194 Å². The SMILES string of the molecule is CCCCCCCCCCCCCCCC(=O)C(CNCCO)C(=O)CCCCCCCCCCCCCCC.COS(=O)(=O)O. The third-order valence-electron chi connectivity index (χ3n) is 8.68. The maximum absolute atomic E-state index is 12.9. The van der Waals surface area contributed by atoms with E-state index in [9.17, 15) is 18.0 Å². The van der Waals surface area contributed by atoms with Crippen molar-refractivity contribution in [2.75, 3.05) is 26.8 Å². The molecule has 276 valence electrons. The average molecular weight is 678 g/mol. The second-order valence-corrected chi connectivity index (χ2v) is 14.2. The van der Waals surface area contributed by atoms with Crippen LogP contribution in [0, 0.1) is 5.92 Å². The van der Waals surface area contributed by atoms with Crippen LogP contribution >= 0.6 is 0 Å². The van der Waals surface area contributed by atoms with Gasteiger partial charge in [0, 0.05) is 25.9 Å². The molecule has 0 radical (unpaired) electrons. The molecule has 0 unspecified atom stereocenters. The van der Waals surface area contributed by atoms with E-state index in [2.05, 4.69) is 23.3 Å². The van der Waals surface area contributed by atoms with Crippen molar-refractivity contribution < 1.29 is 31.8 Å². The summed E-state index contributed by atoms with van der Waals surface area (Å²) in [6.45, 7) is 5.40. The molecule has 0 heterocycles. The summed E-state index contributed by atoms with van der Waals surface area (Å²) in [5.74, 6) is -0.317. The lowest BCUT2D eigenvalue weighted by Gasteiger charge is -2.15. The van der Waals surface area contributed by atoms with Gasteiger partial charge in [0.15, 0.2) is 0 Å². The lowest BCUT2D eigenvalue weighted by Crippen LogP contribution is -2.35. The number of hydrogen-bond donors (Lipinski definition) is 3. The molecule has 0 amide bonds. The van der Waals surface area contributed by atoms with Gasteiger partial charge in [0.2, 0.25) is 0 Å². The first-order chi connectivity index (χ1) is 22.2. The van der Waals surface area contributed by atoms with Crippen LogP contribution in [-0.4, -0.2) is 56.4 Å². The van der Waals surface area contributed by atoms with Crippen LogP contribution < -0.4 is 5.32 Å². The lowest BCUT2D eigenvalue weighted by molar-refractivity contribution is -0.132. The summed E-state index contributed by atoms with van der Waals surface area (Å²) in [6, 6.07) is 0. The fourth-order valence-corrected chi connectivity index (χ4v) is 5.72. The van der Waals surface area contributed by atoms with Crippen LogP contribution in [0.5, 0.6) is 0 Å². The van der Waals surface area contributed by atoms with Gasteiger partial charge in [0.1, 0.15) is 11.6 Å². The number of ketones is 2. The summed E-state index contributed by atoms with van der Waals surface area (Å²) >= 11 is 0. The van der Waals surface area contributed by atoms with Gasteiger partial charge in [-0.3, -0.25) is 18.3 Å². The minimum absolute atomic E-state index is 0.0345. The molecule has 0 rings (SSSR count). The molecule has 0 aliphatic carbocycles. The molecule has 9 heteroatoms. The van der Waals surface area contributed by atoms with Crippen molar-refractivity contribution >= 4 is 22.0 Å². The molecule has 0 aliphatic rings. The molecule has 0 fully saturated rings. The van der Waals surface area contributed by atoms with Crippen molar-refractivity contribution in [3.05, 3.63) is 0 Å². The van der Waals surface area contributed by atoms with E-state index in [0.717, 1.165) is 32.8 Å². The normalized spacial score (nSPS) is 11.5. The second kappa shape index (κ2) is 37.0. The molecule has 0 aliphatic heterocycles. The van der Waals surface area contributed by atoms with Crippen LogP contribution in [0.25, 0.3) is 0 Å². The predicted molar refractivity (Wildman–Crippen MR) is 193 cm³/mol. The fraction of sp³-hybridized carbons (Fsp3) is 0.946. The molecule has 0 saturated heterocycles. The molecular formula is C37H75NO7S. The van der Waals surface area contributed by atoms with Crippen molar-refractivity contribution in [1.29, 1.82) is 0 Å². The first kappa shape index (κ1) is 47.2. The van der Waals surface area contributed by atoms with Gasteiger partial charge in [-0.1, -0.05) is 168 Å². The van der Waals surface area contributed by atoms with E-state index in [0.29, 0.717) is 25.9 Å². The maximum atomic E-state index is 12.9. The smallest absolute Gasteiger partial charge is 0.395 e. The van der Waals surface area contributed by atoms with Gasteiger partial charge in [-0.05, 0) is 12.8 Å². The van der Waals surface area contributed by atoms with E-state index in [1.807, 2.05) is 0 Å². The fourth-order valence-electron chi connectivity index (χ4n) is 5.72. The van der Waals surface area contributed by atoms with Gasteiger partial charge in [-0.2, -0.15) is 8.42 Å². The predicted octanol–water partition coefficient (Wildman–Crippen LogP) is 9.72. The summed E-state index contributed by atoms with van der Waals surface area (Å²) in [6.07, 6.45) is 34.6. The Morgan fingerprint density at radius 1 is 0.565 bits per heavy atom. The van der Waals surface area contributed by atoms with Crippen LogP contribution in [0.3, 0.4) is 0 Å². The highest BCUT2D eigenvalue weighted by molar-refractivity contribution is 7.80. The van der Waals surface area contributed by atoms with Gasteiger partial charge < -0.3 is 10.4 Å². The van der Waals surface area contributed by atoms with Gasteiger partial charge in [0.25, 0.3) is 0 Å². The zero-order valence-electron chi connectivity index (χ0n) is 30.3. The van der Waals surface area contributed by atoms with E-state index in [1.165, 1.54) is 141 Å². The lowest BCUT2D eigenvalue weighted by atomic mass is 9.91. The highest BCUT2D eigenvalue weighted by atomic mass is 32.3. The molecule has 0 bridgehead atoms. The Hall–Kier alpha value is -0.870. The van der Waals surface area contributed by atoms with E-state index in [-0.39, 0.29) is 18.2 Å². The summed E-state index contributed by atoms with van der Waals surface area (Å²) in [4.78, 5) is 25.8. The largest absolute Gasteiger partial charge is 0.397 e. The molecule has 0 aromatic rings. The summed E-state index contributed by atoms with van der Waals surface area (Å²) < 4.78 is 29.7. The first-order valence-corrected chi connectivity index (χ1v) is 20.5. The molecule has 46 heavy (non-hydrogen) atoms. The number of rotatable bonds is 35. The van der Waals surface area contributed by atoms with E-state index >= 15 is 0 Å². The minimum Gasteiger partial charge on any atom is -0.395 e. The molecule has 3 N–H and O–H groups in total. The number of nitrogens with one attached hydrogen (secondary N) is 1. The monoisotopic (exact) mass is 678 g/mol. The first-order valence-electron chi connectivity index (χ1n) is 19.1. The number of carbonyl (C=O) groups excluding carboxylic acids is 2. The second-order valence-electron chi connectivity index (χ2n) is 13.0. The molecule has 0 spiro atoms. The molecule has 8 nitrogen and oxygen atoms in total. The minimum atomic E-state index is -4.16. The third-order valence-corrected chi connectivity index (χ3v) is 9.10. The summed E-state index contributed by atoms with van der Waals surface area (Å²) in [7, 11) is -3.29. The number of carbonyl (C=O) groups is 2. The standard InChI is InChI=1S/C36H71NO3.CH4O4S/c1-3-5-7-9-11-13-15-17-19-21-23-25-27-29-35(39)34(33-37-31-32-38)36(40)30-28-26-24-22-20-18-16-14-12-10-8-6-4-2;1-5-6(2,3)4/h34,37-38H,3-33H2,1-2H3;1H3,(H,2,3,4). The highest BCUT2D eigenvalue weighted by Crippen LogP contribution is 2.17. The van der Waals surface area contributed by atoms with Gasteiger partial charge >= 0.3 is 10.4 Å². The summed E-state index contributed by atoms with van der Waals surface area (Å²) in [5.41, 5.74) is 0. The van der Waals surface area contributed by atoms with Crippen molar-refractivity contribution in [3.63, 3.8) is 0 Å². The van der Waals surface area contributed by atoms with Gasteiger partial charge in [0.05, 0.1) is 19.6 Å². The Labute approximate surface area is 285 Å². The molecular weight excluding hydrogens is 602 g/mol. The molecule has 0 aromatic carbocycles. The maximum Gasteiger partial charge on any atom is 0.397 e. The highest BCUT2D eigenvalue weighted by Gasteiger charge is 2.24. The van der Waals surface area contributed by atoms with Crippen LogP contribution in [0.2, 0.25) is 0 Å². The number of hydrogen-bond acceptors (Lipinski definition) is 7. The number of Topliss-reactive ketones (excluding diaryl/α,β-unsaturated/α-hetero) is 2. The molecule has 0 atom stereocenters. The Kier molecular flexibility index (Phi) is 38.0. The Balaban J connectivity index is 0. The van der Waals surface area contributed by atoms with Crippen LogP contribution in [-0.2, 0) is 24.2 Å². The van der Waals surface area contributed by atoms with Gasteiger partial charge in [-0.25, -0.2) is 0 Å². The molecule has 0 aromatic heterocycles. The third kappa shape index (κ3) is 37.6. The zero-order chi connectivity index (χ0) is 34.6. The average Bonchev–Trinajstić information content (AvgIpc) is 3.03. The van der Waals surface area contributed by atoms with Crippen LogP contribution in [0.1, 0.15) is 194 Å². The number of aliphatic hydroxyl groups is 1. The Bertz CT molecular complexity index is 719.